The summed E-state index contributed by atoms with van der Waals surface area (Å²) >= 11 is 0. The van der Waals surface area contributed by atoms with Gasteiger partial charge < -0.3 is 14.2 Å². The molecule has 0 aliphatic rings. The summed E-state index contributed by atoms with van der Waals surface area (Å²) in [5.41, 5.74) is 0. The zero-order valence-corrected chi connectivity index (χ0v) is 47.4. The van der Waals surface area contributed by atoms with Crippen LogP contribution in [0.1, 0.15) is 278 Å². The van der Waals surface area contributed by atoms with Gasteiger partial charge in [-0.15, -0.1) is 0 Å². The van der Waals surface area contributed by atoms with Gasteiger partial charge in [-0.2, -0.15) is 0 Å². The molecule has 0 bridgehead atoms. The molecule has 72 heavy (non-hydrogen) atoms. The second-order valence-electron chi connectivity index (χ2n) is 19.9. The molecule has 5 heteroatoms. The Morgan fingerprint density at radius 2 is 0.653 bits per heavy atom. The molecule has 0 N–H and O–H groups in total. The van der Waals surface area contributed by atoms with Crippen LogP contribution in [0.3, 0.4) is 0 Å². The summed E-state index contributed by atoms with van der Waals surface area (Å²) in [5, 5.41) is 0. The lowest BCUT2D eigenvalue weighted by molar-refractivity contribution is -0.162. The number of allylic oxidation sites excluding steroid dienone is 18. The fraction of sp³-hybridized carbons (Fsp3) is 0.701. The first-order chi connectivity index (χ1) is 35.6. The first kappa shape index (κ1) is 68.6. The molecule has 0 aromatic carbocycles. The van der Waals surface area contributed by atoms with Gasteiger partial charge in [-0.1, -0.05) is 259 Å². The first-order valence-electron chi connectivity index (χ1n) is 30.4. The zero-order chi connectivity index (χ0) is 52.0. The average molecular weight is 1000 g/mol. The Morgan fingerprint density at radius 1 is 0.319 bits per heavy atom. The molecule has 412 valence electrons. The van der Waals surface area contributed by atoms with Gasteiger partial charge in [0.15, 0.2) is 6.10 Å². The molecule has 1 unspecified atom stereocenters. The highest BCUT2D eigenvalue weighted by Crippen LogP contribution is 2.15. The van der Waals surface area contributed by atoms with Crippen LogP contribution in [0.2, 0.25) is 0 Å². The van der Waals surface area contributed by atoms with Crippen molar-refractivity contribution in [1.29, 1.82) is 0 Å². The molecule has 0 heterocycles. The molecule has 0 aliphatic carbocycles. The lowest BCUT2D eigenvalue weighted by atomic mass is 10.1. The maximum atomic E-state index is 12.9. The summed E-state index contributed by atoms with van der Waals surface area (Å²) in [6.45, 7) is 7.61. The zero-order valence-electron chi connectivity index (χ0n) is 47.4. The van der Waals surface area contributed by atoms with E-state index in [9.17, 15) is 9.59 Å². The Hall–Kier alpha value is -3.44. The second-order valence-corrected chi connectivity index (χ2v) is 19.9. The molecular weight excluding hydrogens is 885 g/mol. The van der Waals surface area contributed by atoms with E-state index < -0.39 is 6.10 Å². The predicted octanol–water partition coefficient (Wildman–Crippen LogP) is 21.1. The Kier molecular flexibility index (Phi) is 58.9. The van der Waals surface area contributed by atoms with Gasteiger partial charge >= 0.3 is 11.9 Å². The summed E-state index contributed by atoms with van der Waals surface area (Å²) in [4.78, 5) is 25.6. The van der Waals surface area contributed by atoms with Crippen molar-refractivity contribution in [3.8, 4) is 0 Å². The third-order valence-electron chi connectivity index (χ3n) is 12.8. The van der Waals surface area contributed by atoms with Crippen LogP contribution >= 0.6 is 0 Å². The van der Waals surface area contributed by atoms with Crippen LogP contribution < -0.4 is 0 Å². The minimum absolute atomic E-state index is 0.0375. The van der Waals surface area contributed by atoms with E-state index >= 15 is 0 Å². The van der Waals surface area contributed by atoms with E-state index in [1.165, 1.54) is 161 Å². The summed E-state index contributed by atoms with van der Waals surface area (Å²) < 4.78 is 17.4. The molecule has 0 fully saturated rings. The fourth-order valence-electron chi connectivity index (χ4n) is 8.27. The molecule has 0 rings (SSSR count). The van der Waals surface area contributed by atoms with Gasteiger partial charge in [-0.25, -0.2) is 0 Å². The Balaban J connectivity index is 4.41. The van der Waals surface area contributed by atoms with E-state index in [0.717, 1.165) is 77.0 Å². The van der Waals surface area contributed by atoms with Crippen LogP contribution in [-0.4, -0.2) is 37.9 Å². The topological polar surface area (TPSA) is 61.8 Å². The summed E-state index contributed by atoms with van der Waals surface area (Å²) in [6, 6.07) is 0. The van der Waals surface area contributed by atoms with Crippen molar-refractivity contribution in [2.45, 2.75) is 284 Å². The molecule has 5 nitrogen and oxygen atoms in total. The predicted molar refractivity (Wildman–Crippen MR) is 316 cm³/mol. The van der Waals surface area contributed by atoms with Crippen LogP contribution in [0.25, 0.3) is 0 Å². The maximum absolute atomic E-state index is 12.9. The van der Waals surface area contributed by atoms with Crippen LogP contribution in [0.4, 0.5) is 0 Å². The van der Waals surface area contributed by atoms with Crippen molar-refractivity contribution < 1.29 is 23.8 Å². The van der Waals surface area contributed by atoms with E-state index in [2.05, 4.69) is 124 Å². The van der Waals surface area contributed by atoms with E-state index in [1.54, 1.807) is 0 Å². The van der Waals surface area contributed by atoms with Crippen molar-refractivity contribution in [3.05, 3.63) is 109 Å². The largest absolute Gasteiger partial charge is 0.462 e. The van der Waals surface area contributed by atoms with Crippen molar-refractivity contribution in [1.82, 2.24) is 0 Å². The molecule has 1 atom stereocenters. The molecule has 0 radical (unpaired) electrons. The third kappa shape index (κ3) is 59.1. The number of carbonyl (C=O) groups excluding carboxylic acids is 2. The van der Waals surface area contributed by atoms with Gasteiger partial charge in [0.2, 0.25) is 0 Å². The lowest BCUT2D eigenvalue weighted by Gasteiger charge is -2.18. The maximum Gasteiger partial charge on any atom is 0.306 e. The second kappa shape index (κ2) is 61.9. The Labute approximate surface area is 446 Å². The highest BCUT2D eigenvalue weighted by atomic mass is 16.6. The Morgan fingerprint density at radius 3 is 1.10 bits per heavy atom. The minimum Gasteiger partial charge on any atom is -0.462 e. The van der Waals surface area contributed by atoms with Gasteiger partial charge in [0.1, 0.15) is 6.61 Å². The van der Waals surface area contributed by atoms with Gasteiger partial charge in [0, 0.05) is 19.4 Å². The SMILES string of the molecule is CC/C=C\C/C=C\C/C=C\C/C=C\C/C=C\C/C=C\CCC(=O)OCC(COCCCCCCCCCC/C=C\C/C=C\CCCCC)OC(=O)CCCCCCCCCCC/C=C\CCCCCCCC. The number of esters is 2. The van der Waals surface area contributed by atoms with E-state index in [1.807, 2.05) is 6.08 Å². The smallest absolute Gasteiger partial charge is 0.306 e. The molecular formula is C67H114O5. The highest BCUT2D eigenvalue weighted by molar-refractivity contribution is 5.70. The summed E-state index contributed by atoms with van der Waals surface area (Å²) in [7, 11) is 0. The number of unbranched alkanes of at least 4 members (excludes halogenated alkanes) is 26. The van der Waals surface area contributed by atoms with Gasteiger partial charge in [-0.3, -0.25) is 9.59 Å². The molecule has 0 saturated heterocycles. The van der Waals surface area contributed by atoms with Crippen LogP contribution in [0, 0.1) is 0 Å². The minimum atomic E-state index is -0.579. The van der Waals surface area contributed by atoms with Gasteiger partial charge in [0.25, 0.3) is 0 Å². The van der Waals surface area contributed by atoms with Crippen LogP contribution in [-0.2, 0) is 23.8 Å². The van der Waals surface area contributed by atoms with Crippen molar-refractivity contribution >= 4 is 11.9 Å². The third-order valence-corrected chi connectivity index (χ3v) is 12.8. The van der Waals surface area contributed by atoms with Crippen molar-refractivity contribution in [3.63, 3.8) is 0 Å². The standard InChI is InChI=1S/C67H114O5/c1-4-7-10-13-16-19-22-25-28-31-34-36-39-42-45-48-51-54-57-60-66(68)71-64-65(63-70-62-59-56-53-50-47-44-41-38-33-30-27-24-21-18-15-12-9-6-3)72-67(69)61-58-55-52-49-46-43-40-37-35-32-29-26-23-20-17-14-11-8-5-2/h7,10,16,18-19,21,25-30,34,36,42,45,51,54,65H,4-6,8-9,11-15,17,20,22-24,31-33,35,37-41,43-44,46-50,52-53,55-64H2,1-3H3/b10-7-,19-16-,21-18-,28-25-,29-26-,30-27-,36-34-,45-42-,54-51-. The fourth-order valence-corrected chi connectivity index (χ4v) is 8.27. The Bertz CT molecular complexity index is 1410. The van der Waals surface area contributed by atoms with Gasteiger partial charge in [-0.05, 0) is 116 Å². The van der Waals surface area contributed by atoms with Crippen molar-refractivity contribution in [2.75, 3.05) is 19.8 Å². The molecule has 0 amide bonds. The van der Waals surface area contributed by atoms with E-state index in [4.69, 9.17) is 14.2 Å². The van der Waals surface area contributed by atoms with Crippen molar-refractivity contribution in [2.24, 2.45) is 0 Å². The van der Waals surface area contributed by atoms with E-state index in [0.29, 0.717) is 25.9 Å². The molecule has 0 aromatic heterocycles. The molecule has 0 saturated carbocycles. The number of hydrogen-bond acceptors (Lipinski definition) is 5. The number of carbonyl (C=O) groups is 2. The monoisotopic (exact) mass is 999 g/mol. The molecule has 0 aliphatic heterocycles. The quantitative estimate of drug-likeness (QED) is 0.0345. The molecule has 0 spiro atoms. The summed E-state index contributed by atoms with van der Waals surface area (Å²) in [6.07, 6.45) is 85.6. The van der Waals surface area contributed by atoms with Gasteiger partial charge in [0.05, 0.1) is 6.61 Å². The number of ether oxygens (including phenoxy) is 3. The van der Waals surface area contributed by atoms with E-state index in [-0.39, 0.29) is 25.2 Å². The molecule has 0 aromatic rings. The average Bonchev–Trinajstić information content (AvgIpc) is 3.38. The highest BCUT2D eigenvalue weighted by Gasteiger charge is 2.17. The lowest BCUT2D eigenvalue weighted by Crippen LogP contribution is -2.30. The normalized spacial score (nSPS) is 13.0. The summed E-state index contributed by atoms with van der Waals surface area (Å²) in [5.74, 6) is -0.497. The van der Waals surface area contributed by atoms with Crippen LogP contribution in [0.5, 0.6) is 0 Å². The number of rotatable bonds is 55. The van der Waals surface area contributed by atoms with Crippen LogP contribution in [0.15, 0.2) is 109 Å². The first-order valence-corrected chi connectivity index (χ1v) is 30.4. The number of hydrogen-bond donors (Lipinski definition) is 0.